The van der Waals surface area contributed by atoms with Crippen molar-refractivity contribution in [3.63, 3.8) is 0 Å². The lowest BCUT2D eigenvalue weighted by atomic mass is 9.90. The van der Waals surface area contributed by atoms with Crippen molar-refractivity contribution in [1.29, 1.82) is 0 Å². The summed E-state index contributed by atoms with van der Waals surface area (Å²) >= 11 is 0. The minimum Gasteiger partial charge on any atom is -0.326 e. The molecule has 1 unspecified atom stereocenters. The molecule has 3 nitrogen and oxygen atoms in total. The molecule has 20 heavy (non-hydrogen) atoms. The third kappa shape index (κ3) is 3.33. The van der Waals surface area contributed by atoms with Crippen LogP contribution in [0.1, 0.15) is 36.8 Å². The number of fused-ring (bicyclic) bond motifs is 1. The molecule has 0 aromatic heterocycles. The first-order chi connectivity index (χ1) is 9.34. The van der Waals surface area contributed by atoms with Crippen molar-refractivity contribution in [1.82, 2.24) is 5.32 Å². The van der Waals surface area contributed by atoms with Gasteiger partial charge in [0.05, 0.1) is 5.92 Å². The summed E-state index contributed by atoms with van der Waals surface area (Å²) in [6.45, 7) is 1.87. The molecule has 1 heterocycles. The Morgan fingerprint density at radius 2 is 2.05 bits per heavy atom. The van der Waals surface area contributed by atoms with Crippen molar-refractivity contribution >= 4 is 24.0 Å². The second-order valence-electron chi connectivity index (χ2n) is 5.68. The number of piperidine rings is 1. The molecular weight excluding hydrogens is 272 g/mol. The number of hydrogen-bond donors (Lipinski definition) is 2. The van der Waals surface area contributed by atoms with Crippen LogP contribution in [0.15, 0.2) is 18.2 Å². The van der Waals surface area contributed by atoms with Gasteiger partial charge in [-0.3, -0.25) is 4.79 Å². The molecule has 1 amide bonds. The molecular formula is C16H23ClN2O. The van der Waals surface area contributed by atoms with E-state index in [0.717, 1.165) is 44.5 Å². The lowest BCUT2D eigenvalue weighted by Crippen LogP contribution is -2.37. The van der Waals surface area contributed by atoms with Crippen LogP contribution in [0.5, 0.6) is 0 Å². The summed E-state index contributed by atoms with van der Waals surface area (Å²) in [4.78, 5) is 12.3. The van der Waals surface area contributed by atoms with Gasteiger partial charge in [-0.15, -0.1) is 12.4 Å². The average molecular weight is 295 g/mol. The number of aryl methyl sites for hydroxylation is 1. The van der Waals surface area contributed by atoms with E-state index >= 15 is 0 Å². The van der Waals surface area contributed by atoms with Crippen LogP contribution in [0, 0.1) is 5.92 Å². The lowest BCUT2D eigenvalue weighted by Gasteiger charge is -2.24. The number of anilines is 1. The Kier molecular flexibility index (Phi) is 5.44. The van der Waals surface area contributed by atoms with E-state index < -0.39 is 0 Å². The van der Waals surface area contributed by atoms with Crippen LogP contribution in [-0.4, -0.2) is 19.0 Å². The average Bonchev–Trinajstić information content (AvgIpc) is 2.48. The SMILES string of the molecule is Cl.O=C(Nc1cccc2c1CCCC2)C1CCCNC1. The third-order valence-electron chi connectivity index (χ3n) is 4.32. The van der Waals surface area contributed by atoms with Crippen LogP contribution in [0.4, 0.5) is 5.69 Å². The smallest absolute Gasteiger partial charge is 0.228 e. The summed E-state index contributed by atoms with van der Waals surface area (Å²) in [6.07, 6.45) is 6.89. The van der Waals surface area contributed by atoms with Gasteiger partial charge in [0.15, 0.2) is 0 Å². The van der Waals surface area contributed by atoms with Gasteiger partial charge >= 0.3 is 0 Å². The van der Waals surface area contributed by atoms with Gasteiger partial charge in [-0.1, -0.05) is 12.1 Å². The second kappa shape index (κ2) is 7.09. The number of carbonyl (C=O) groups excluding carboxylic acids is 1. The van der Waals surface area contributed by atoms with Crippen LogP contribution in [0.2, 0.25) is 0 Å². The van der Waals surface area contributed by atoms with Crippen LogP contribution < -0.4 is 10.6 Å². The zero-order valence-corrected chi connectivity index (χ0v) is 12.6. The maximum atomic E-state index is 12.3. The molecule has 0 radical (unpaired) electrons. The molecule has 2 aliphatic rings. The Hall–Kier alpha value is -1.06. The maximum Gasteiger partial charge on any atom is 0.228 e. The lowest BCUT2D eigenvalue weighted by molar-refractivity contribution is -0.120. The van der Waals surface area contributed by atoms with E-state index in [0.29, 0.717) is 0 Å². The zero-order chi connectivity index (χ0) is 13.1. The Morgan fingerprint density at radius 3 is 2.85 bits per heavy atom. The molecule has 1 aliphatic heterocycles. The van der Waals surface area contributed by atoms with Gasteiger partial charge in [-0.2, -0.15) is 0 Å². The van der Waals surface area contributed by atoms with Crippen LogP contribution in [-0.2, 0) is 17.6 Å². The number of rotatable bonds is 2. The number of hydrogen-bond acceptors (Lipinski definition) is 2. The van der Waals surface area contributed by atoms with Crippen molar-refractivity contribution in [2.75, 3.05) is 18.4 Å². The van der Waals surface area contributed by atoms with Gasteiger partial charge in [0.25, 0.3) is 0 Å². The Bertz CT molecular complexity index is 470. The minimum atomic E-state index is 0. The summed E-state index contributed by atoms with van der Waals surface area (Å²) in [6, 6.07) is 6.32. The van der Waals surface area contributed by atoms with E-state index in [-0.39, 0.29) is 24.2 Å². The fraction of sp³-hybridized carbons (Fsp3) is 0.562. The molecule has 1 aromatic rings. The predicted molar refractivity (Wildman–Crippen MR) is 84.6 cm³/mol. The Balaban J connectivity index is 0.00000147. The predicted octanol–water partition coefficient (Wildman–Crippen LogP) is 2.93. The summed E-state index contributed by atoms with van der Waals surface area (Å²) < 4.78 is 0. The highest BCUT2D eigenvalue weighted by Gasteiger charge is 2.22. The van der Waals surface area contributed by atoms with Gasteiger partial charge in [0, 0.05) is 12.2 Å². The van der Waals surface area contributed by atoms with Crippen molar-refractivity contribution in [3.8, 4) is 0 Å². The number of carbonyl (C=O) groups is 1. The molecule has 2 N–H and O–H groups in total. The van der Waals surface area contributed by atoms with E-state index in [4.69, 9.17) is 0 Å². The largest absolute Gasteiger partial charge is 0.326 e. The normalized spacial score (nSPS) is 21.5. The molecule has 1 atom stereocenters. The first-order valence-corrected chi connectivity index (χ1v) is 7.47. The van der Waals surface area contributed by atoms with Gasteiger partial charge in [0.1, 0.15) is 0 Å². The van der Waals surface area contributed by atoms with Gasteiger partial charge < -0.3 is 10.6 Å². The maximum absolute atomic E-state index is 12.3. The quantitative estimate of drug-likeness (QED) is 0.880. The van der Waals surface area contributed by atoms with Crippen molar-refractivity contribution in [3.05, 3.63) is 29.3 Å². The number of halogens is 1. The van der Waals surface area contributed by atoms with Crippen LogP contribution >= 0.6 is 12.4 Å². The van der Waals surface area contributed by atoms with Crippen molar-refractivity contribution in [2.24, 2.45) is 5.92 Å². The number of benzene rings is 1. The van der Waals surface area contributed by atoms with Gasteiger partial charge in [0.2, 0.25) is 5.91 Å². The highest BCUT2D eigenvalue weighted by Crippen LogP contribution is 2.28. The monoisotopic (exact) mass is 294 g/mol. The van der Waals surface area contributed by atoms with E-state index in [1.54, 1.807) is 0 Å². The highest BCUT2D eigenvalue weighted by atomic mass is 35.5. The topological polar surface area (TPSA) is 41.1 Å². The van der Waals surface area contributed by atoms with Crippen molar-refractivity contribution < 1.29 is 4.79 Å². The number of nitrogens with one attached hydrogen (secondary N) is 2. The van der Waals surface area contributed by atoms with Crippen molar-refractivity contribution in [2.45, 2.75) is 38.5 Å². The second-order valence-corrected chi connectivity index (χ2v) is 5.68. The molecule has 1 aliphatic carbocycles. The van der Waals surface area contributed by atoms with E-state index in [2.05, 4.69) is 28.8 Å². The van der Waals surface area contributed by atoms with Crippen LogP contribution in [0.3, 0.4) is 0 Å². The van der Waals surface area contributed by atoms with E-state index in [9.17, 15) is 4.79 Å². The number of amides is 1. The molecule has 110 valence electrons. The minimum absolute atomic E-state index is 0. The first-order valence-electron chi connectivity index (χ1n) is 7.47. The molecule has 1 aromatic carbocycles. The Labute approximate surface area is 126 Å². The zero-order valence-electron chi connectivity index (χ0n) is 11.8. The summed E-state index contributed by atoms with van der Waals surface area (Å²) in [7, 11) is 0. The first kappa shape index (κ1) is 15.3. The van der Waals surface area contributed by atoms with E-state index in [1.807, 2.05) is 0 Å². The summed E-state index contributed by atoms with van der Waals surface area (Å²) in [5.74, 6) is 0.319. The van der Waals surface area contributed by atoms with Gasteiger partial charge in [-0.05, 0) is 62.3 Å². The molecule has 3 rings (SSSR count). The molecule has 4 heteroatoms. The van der Waals surface area contributed by atoms with Gasteiger partial charge in [-0.25, -0.2) is 0 Å². The molecule has 0 bridgehead atoms. The summed E-state index contributed by atoms with van der Waals surface area (Å²) in [5, 5.41) is 6.46. The third-order valence-corrected chi connectivity index (χ3v) is 4.32. The standard InChI is InChI=1S/C16H22N2O.ClH/c19-16(13-7-4-10-17-11-13)18-15-9-3-6-12-5-1-2-8-14(12)15;/h3,6,9,13,17H,1-2,4-5,7-8,10-11H2,(H,18,19);1H. The molecule has 0 saturated carbocycles. The molecule has 1 fully saturated rings. The van der Waals surface area contributed by atoms with E-state index in [1.165, 1.54) is 24.0 Å². The Morgan fingerprint density at radius 1 is 1.20 bits per heavy atom. The highest BCUT2D eigenvalue weighted by molar-refractivity contribution is 5.93. The molecule has 1 saturated heterocycles. The van der Waals surface area contributed by atoms with Crippen LogP contribution in [0.25, 0.3) is 0 Å². The fourth-order valence-electron chi connectivity index (χ4n) is 3.21. The fourth-order valence-corrected chi connectivity index (χ4v) is 3.21. The summed E-state index contributed by atoms with van der Waals surface area (Å²) in [5.41, 5.74) is 3.84. The molecule has 0 spiro atoms.